The van der Waals surface area contributed by atoms with Gasteiger partial charge in [0.25, 0.3) is 6.47 Å². The maximum Gasteiger partial charge on any atom is 0.290 e. The zero-order valence-electron chi connectivity index (χ0n) is 19.4. The zero-order valence-corrected chi connectivity index (χ0v) is 19.4. The highest BCUT2D eigenvalue weighted by Gasteiger charge is 2.54. The third kappa shape index (κ3) is 5.65. The number of amides is 1. The largest absolute Gasteiger partial charge is 0.497 e. The Morgan fingerprint density at radius 1 is 1.33 bits per heavy atom. The number of hydrogen-bond donors (Lipinski definition) is 3. The van der Waals surface area contributed by atoms with E-state index in [1.54, 1.807) is 12.1 Å². The van der Waals surface area contributed by atoms with Crippen molar-refractivity contribution >= 4 is 12.4 Å². The van der Waals surface area contributed by atoms with Gasteiger partial charge in [0.15, 0.2) is 0 Å². The van der Waals surface area contributed by atoms with Gasteiger partial charge in [-0.15, -0.1) is 0 Å². The molecule has 1 aromatic carbocycles. The Labute approximate surface area is 194 Å². The highest BCUT2D eigenvalue weighted by atomic mass is 19.1. The van der Waals surface area contributed by atoms with Gasteiger partial charge in [-0.05, 0) is 45.1 Å². The number of carbonyl (C=O) groups excluding carboxylic acids is 1. The van der Waals surface area contributed by atoms with Gasteiger partial charge in [-0.25, -0.2) is 4.39 Å². The molecule has 1 saturated carbocycles. The molecule has 1 aliphatic carbocycles. The Kier molecular flexibility index (Phi) is 8.31. The lowest BCUT2D eigenvalue weighted by molar-refractivity contribution is -0.208. The van der Waals surface area contributed by atoms with E-state index in [-0.39, 0.29) is 24.1 Å². The number of rotatable bonds is 5. The quantitative estimate of drug-likeness (QED) is 0.572. The lowest BCUT2D eigenvalue weighted by Gasteiger charge is -2.54. The van der Waals surface area contributed by atoms with Gasteiger partial charge < -0.3 is 25.0 Å². The van der Waals surface area contributed by atoms with Gasteiger partial charge in [-0.3, -0.25) is 14.5 Å². The molecule has 4 rings (SSSR count). The molecule has 2 saturated heterocycles. The van der Waals surface area contributed by atoms with Crippen LogP contribution in [0.15, 0.2) is 18.2 Å². The van der Waals surface area contributed by atoms with Crippen LogP contribution in [0.25, 0.3) is 0 Å². The van der Waals surface area contributed by atoms with E-state index in [1.165, 1.54) is 13.2 Å². The normalized spacial score (nSPS) is 27.1. The molecule has 3 fully saturated rings. The smallest absolute Gasteiger partial charge is 0.290 e. The van der Waals surface area contributed by atoms with E-state index in [0.29, 0.717) is 56.8 Å². The molecule has 2 atom stereocenters. The van der Waals surface area contributed by atoms with Crippen LogP contribution in [0, 0.1) is 11.7 Å². The first-order chi connectivity index (χ1) is 15.8. The number of hydrogen-bond acceptors (Lipinski definition) is 6. The molecule has 0 radical (unpaired) electrons. The summed E-state index contributed by atoms with van der Waals surface area (Å²) in [6.07, 6.45) is 4.14. The van der Waals surface area contributed by atoms with Crippen LogP contribution in [-0.2, 0) is 20.9 Å². The second kappa shape index (κ2) is 10.8. The highest BCUT2D eigenvalue weighted by Crippen LogP contribution is 2.41. The summed E-state index contributed by atoms with van der Waals surface area (Å²) in [5.74, 6) is 0.395. The van der Waals surface area contributed by atoms with Crippen molar-refractivity contribution in [2.24, 2.45) is 5.92 Å². The standard InChI is InChI=1S/C23H33FN2O4.CH2O2/c1-22(25-20(27)16-4-3-5-16)10-13-30-23(21(22)28)8-11-26(12-9-23)15-17-6-7-18(29-2)14-19(17)24;2-1-3/h6-7,14,16,21,28H,3-5,8-13,15H2,1-2H3,(H,25,27);1H,(H,2,3)/t21-,22+;/m1./s1. The van der Waals surface area contributed by atoms with E-state index >= 15 is 0 Å². The molecule has 1 amide bonds. The molecule has 0 bridgehead atoms. The first kappa shape index (κ1) is 25.4. The molecule has 0 unspecified atom stereocenters. The topological polar surface area (TPSA) is 108 Å². The number of nitrogens with one attached hydrogen (secondary N) is 1. The second-order valence-electron chi connectivity index (χ2n) is 9.44. The zero-order chi connectivity index (χ0) is 24.1. The van der Waals surface area contributed by atoms with Crippen molar-refractivity contribution in [3.05, 3.63) is 29.6 Å². The summed E-state index contributed by atoms with van der Waals surface area (Å²) in [7, 11) is 1.52. The average Bonchev–Trinajstić information content (AvgIpc) is 2.74. The lowest BCUT2D eigenvalue weighted by atomic mass is 9.72. The van der Waals surface area contributed by atoms with Crippen LogP contribution >= 0.6 is 0 Å². The Bertz CT molecular complexity index is 825. The SMILES string of the molecule is COc1ccc(CN2CCC3(CC2)OCC[C@](C)(NC(=O)C2CCC2)[C@H]3O)c(F)c1.O=CO. The third-order valence-corrected chi connectivity index (χ3v) is 7.35. The van der Waals surface area contributed by atoms with Crippen LogP contribution in [0.3, 0.4) is 0 Å². The monoisotopic (exact) mass is 466 g/mol. The number of piperidine rings is 1. The fourth-order valence-electron chi connectivity index (χ4n) is 4.98. The van der Waals surface area contributed by atoms with Crippen molar-refractivity contribution in [2.75, 3.05) is 26.8 Å². The van der Waals surface area contributed by atoms with E-state index in [0.717, 1.165) is 19.3 Å². The summed E-state index contributed by atoms with van der Waals surface area (Å²) >= 11 is 0. The van der Waals surface area contributed by atoms with Crippen molar-refractivity contribution in [3.63, 3.8) is 0 Å². The summed E-state index contributed by atoms with van der Waals surface area (Å²) in [4.78, 5) is 23.1. The number of likely N-dealkylation sites (tertiary alicyclic amines) is 1. The van der Waals surface area contributed by atoms with Crippen molar-refractivity contribution in [1.82, 2.24) is 10.2 Å². The number of ether oxygens (including phenoxy) is 2. The molecule has 184 valence electrons. The predicted molar refractivity (Wildman–Crippen MR) is 119 cm³/mol. The second-order valence-corrected chi connectivity index (χ2v) is 9.44. The van der Waals surface area contributed by atoms with Crippen LogP contribution in [0.5, 0.6) is 5.75 Å². The van der Waals surface area contributed by atoms with Crippen molar-refractivity contribution in [1.29, 1.82) is 0 Å². The molecular weight excluding hydrogens is 431 g/mol. The van der Waals surface area contributed by atoms with Gasteiger partial charge in [-0.1, -0.05) is 12.5 Å². The van der Waals surface area contributed by atoms with E-state index in [1.807, 2.05) is 6.92 Å². The molecule has 2 aliphatic heterocycles. The summed E-state index contributed by atoms with van der Waals surface area (Å²) in [5.41, 5.74) is -0.696. The molecule has 8 nitrogen and oxygen atoms in total. The summed E-state index contributed by atoms with van der Waals surface area (Å²) in [6, 6.07) is 4.94. The number of carboxylic acid groups (broad SMARTS) is 1. The average molecular weight is 467 g/mol. The Balaban J connectivity index is 0.000000968. The fraction of sp³-hybridized carbons (Fsp3) is 0.667. The molecule has 1 aromatic rings. The van der Waals surface area contributed by atoms with Crippen molar-refractivity contribution < 1.29 is 33.7 Å². The number of methoxy groups -OCH3 is 1. The van der Waals surface area contributed by atoms with Gasteiger partial charge in [0.2, 0.25) is 5.91 Å². The summed E-state index contributed by atoms with van der Waals surface area (Å²) < 4.78 is 25.5. The number of nitrogens with zero attached hydrogens (tertiary/aromatic N) is 1. The summed E-state index contributed by atoms with van der Waals surface area (Å²) in [5, 5.41) is 21.3. The number of aliphatic hydroxyl groups excluding tert-OH is 1. The Morgan fingerprint density at radius 2 is 2.00 bits per heavy atom. The van der Waals surface area contributed by atoms with Crippen molar-refractivity contribution in [3.8, 4) is 5.75 Å². The minimum atomic E-state index is -0.761. The van der Waals surface area contributed by atoms with Gasteiger partial charge in [0.1, 0.15) is 17.7 Å². The van der Waals surface area contributed by atoms with Gasteiger partial charge >= 0.3 is 0 Å². The van der Waals surface area contributed by atoms with Gasteiger partial charge in [0.05, 0.1) is 18.2 Å². The molecule has 9 heteroatoms. The van der Waals surface area contributed by atoms with Crippen LogP contribution < -0.4 is 10.1 Å². The van der Waals surface area contributed by atoms with Crippen molar-refractivity contribution in [2.45, 2.75) is 69.2 Å². The van der Waals surface area contributed by atoms with E-state index < -0.39 is 17.2 Å². The third-order valence-electron chi connectivity index (χ3n) is 7.35. The maximum atomic E-state index is 14.3. The van der Waals surface area contributed by atoms with Gasteiger partial charge in [-0.2, -0.15) is 0 Å². The fourth-order valence-corrected chi connectivity index (χ4v) is 4.98. The lowest BCUT2D eigenvalue weighted by Crippen LogP contribution is -2.69. The summed E-state index contributed by atoms with van der Waals surface area (Å²) in [6.45, 7) is 4.13. The van der Waals surface area contributed by atoms with Crippen LogP contribution in [0.2, 0.25) is 0 Å². The molecule has 2 heterocycles. The Morgan fingerprint density at radius 3 is 2.55 bits per heavy atom. The van der Waals surface area contributed by atoms with Crippen LogP contribution in [0.1, 0.15) is 51.0 Å². The van der Waals surface area contributed by atoms with Gasteiger partial charge in [0, 0.05) is 43.8 Å². The van der Waals surface area contributed by atoms with E-state index in [4.69, 9.17) is 19.4 Å². The number of halogens is 1. The minimum Gasteiger partial charge on any atom is -0.497 e. The van der Waals surface area contributed by atoms with Crippen LogP contribution in [0.4, 0.5) is 4.39 Å². The molecular formula is C24H35FN2O6. The molecule has 1 spiro atoms. The first-order valence-corrected chi connectivity index (χ1v) is 11.5. The Hall–Kier alpha value is -2.23. The number of carbonyl (C=O) groups is 2. The highest BCUT2D eigenvalue weighted by molar-refractivity contribution is 5.80. The van der Waals surface area contributed by atoms with Crippen LogP contribution in [-0.4, -0.2) is 71.5 Å². The predicted octanol–water partition coefficient (Wildman–Crippen LogP) is 2.33. The van der Waals surface area contributed by atoms with E-state index in [9.17, 15) is 14.3 Å². The first-order valence-electron chi connectivity index (χ1n) is 11.5. The molecule has 3 aliphatic rings. The molecule has 33 heavy (non-hydrogen) atoms. The molecule has 0 aromatic heterocycles. The molecule has 3 N–H and O–H groups in total. The maximum absolute atomic E-state index is 14.3. The number of aliphatic hydroxyl groups is 1. The minimum absolute atomic E-state index is 0.0623. The van der Waals surface area contributed by atoms with E-state index in [2.05, 4.69) is 10.2 Å². The number of benzene rings is 1.